The van der Waals surface area contributed by atoms with Crippen LogP contribution in [0, 0.1) is 0 Å². The van der Waals surface area contributed by atoms with Crippen molar-refractivity contribution in [2.75, 3.05) is 6.61 Å². The molecule has 23 heavy (non-hydrogen) atoms. The van der Waals surface area contributed by atoms with Crippen LogP contribution in [0.25, 0.3) is 0 Å². The van der Waals surface area contributed by atoms with E-state index in [0.717, 1.165) is 18.4 Å². The lowest BCUT2D eigenvalue weighted by Gasteiger charge is -2.07. The fourth-order valence-corrected chi connectivity index (χ4v) is 2.06. The maximum Gasteiger partial charge on any atom is 0.333 e. The van der Waals surface area contributed by atoms with Gasteiger partial charge in [-0.1, -0.05) is 36.8 Å². The van der Waals surface area contributed by atoms with Crippen LogP contribution in [0.15, 0.2) is 42.5 Å². The van der Waals surface area contributed by atoms with Crippen molar-refractivity contribution in [3.63, 3.8) is 0 Å². The van der Waals surface area contributed by atoms with Crippen LogP contribution in [0.2, 0.25) is 0 Å². The van der Waals surface area contributed by atoms with E-state index in [1.54, 1.807) is 0 Å². The van der Waals surface area contributed by atoms with E-state index < -0.39 is 5.97 Å². The maximum absolute atomic E-state index is 11.6. The molecule has 0 fully saturated rings. The summed E-state index contributed by atoms with van der Waals surface area (Å²) in [5.74, 6) is -1.13. The number of aromatic nitrogens is 1. The standard InChI is InChI=1S/C17H21NO5/c19-15-10-11-16(20)18(15)23-17(21)9-5-2-6-12-22-13-14-7-3-1-4-8-14/h1,3-4,7-8,10-11,19-20H,2,5-6,9,12-13H2. The van der Waals surface area contributed by atoms with E-state index >= 15 is 0 Å². The van der Waals surface area contributed by atoms with Gasteiger partial charge in [0.05, 0.1) is 6.61 Å². The van der Waals surface area contributed by atoms with Crippen molar-refractivity contribution in [2.45, 2.75) is 32.3 Å². The SMILES string of the molecule is O=C(CCCCCOCc1ccccc1)On1c(O)ccc1O. The second-order valence-electron chi connectivity index (χ2n) is 5.16. The summed E-state index contributed by atoms with van der Waals surface area (Å²) >= 11 is 0. The molecule has 0 aliphatic carbocycles. The number of rotatable bonds is 9. The summed E-state index contributed by atoms with van der Waals surface area (Å²) in [6.45, 7) is 1.23. The topological polar surface area (TPSA) is 80.9 Å². The number of nitrogens with zero attached hydrogens (tertiary/aromatic N) is 1. The van der Waals surface area contributed by atoms with Crippen molar-refractivity contribution in [1.82, 2.24) is 4.73 Å². The van der Waals surface area contributed by atoms with Crippen molar-refractivity contribution in [1.29, 1.82) is 0 Å². The third-order valence-electron chi connectivity index (χ3n) is 3.27. The fraction of sp³-hybridized carbons (Fsp3) is 0.353. The third-order valence-corrected chi connectivity index (χ3v) is 3.27. The van der Waals surface area contributed by atoms with Gasteiger partial charge >= 0.3 is 5.97 Å². The molecular weight excluding hydrogens is 298 g/mol. The van der Waals surface area contributed by atoms with E-state index in [2.05, 4.69) is 0 Å². The third kappa shape index (κ3) is 5.67. The Kier molecular flexibility index (Phi) is 6.50. The molecule has 1 heterocycles. The van der Waals surface area contributed by atoms with Gasteiger partial charge in [0.15, 0.2) is 0 Å². The van der Waals surface area contributed by atoms with Crippen LogP contribution in [0.1, 0.15) is 31.2 Å². The van der Waals surface area contributed by atoms with Gasteiger partial charge in [-0.2, -0.15) is 0 Å². The summed E-state index contributed by atoms with van der Waals surface area (Å²) in [6.07, 6.45) is 2.58. The van der Waals surface area contributed by atoms with Crippen LogP contribution < -0.4 is 4.84 Å². The van der Waals surface area contributed by atoms with Gasteiger partial charge in [-0.25, -0.2) is 4.79 Å². The molecule has 0 aliphatic heterocycles. The fourth-order valence-electron chi connectivity index (χ4n) is 2.06. The summed E-state index contributed by atoms with van der Waals surface area (Å²) in [4.78, 5) is 16.4. The summed E-state index contributed by atoms with van der Waals surface area (Å²) in [5.41, 5.74) is 1.14. The highest BCUT2D eigenvalue weighted by atomic mass is 16.7. The van der Waals surface area contributed by atoms with Gasteiger partial charge in [0, 0.05) is 25.2 Å². The largest absolute Gasteiger partial charge is 0.492 e. The van der Waals surface area contributed by atoms with Gasteiger partial charge in [0.1, 0.15) is 0 Å². The molecule has 2 N–H and O–H groups in total. The molecule has 0 saturated carbocycles. The smallest absolute Gasteiger partial charge is 0.333 e. The Hall–Kier alpha value is -2.47. The molecule has 0 amide bonds. The average molecular weight is 319 g/mol. The number of carbonyl (C=O) groups is 1. The van der Waals surface area contributed by atoms with Crippen molar-refractivity contribution in [2.24, 2.45) is 0 Å². The Labute approximate surface area is 134 Å². The van der Waals surface area contributed by atoms with Gasteiger partial charge in [-0.15, -0.1) is 4.73 Å². The summed E-state index contributed by atoms with van der Waals surface area (Å²) < 4.78 is 6.26. The maximum atomic E-state index is 11.6. The Morgan fingerprint density at radius 2 is 1.65 bits per heavy atom. The van der Waals surface area contributed by atoms with E-state index in [1.165, 1.54) is 12.1 Å². The van der Waals surface area contributed by atoms with Crippen LogP contribution in [0.5, 0.6) is 11.8 Å². The molecule has 1 aromatic heterocycles. The molecule has 1 aromatic carbocycles. The quantitative estimate of drug-likeness (QED) is 0.694. The molecule has 0 spiro atoms. The number of aromatic hydroxyl groups is 2. The number of ether oxygens (including phenoxy) is 1. The predicted octanol–water partition coefficient (Wildman–Crippen LogP) is 2.63. The molecule has 0 radical (unpaired) electrons. The number of hydrogen-bond donors (Lipinski definition) is 2. The van der Waals surface area contributed by atoms with Crippen molar-refractivity contribution in [3.05, 3.63) is 48.0 Å². The van der Waals surface area contributed by atoms with Gasteiger partial charge < -0.3 is 19.8 Å². The number of benzene rings is 1. The minimum Gasteiger partial charge on any atom is -0.492 e. The zero-order valence-electron chi connectivity index (χ0n) is 12.9. The second kappa shape index (κ2) is 8.85. The van der Waals surface area contributed by atoms with Crippen LogP contribution in [0.4, 0.5) is 0 Å². The lowest BCUT2D eigenvalue weighted by Crippen LogP contribution is -2.18. The Morgan fingerprint density at radius 3 is 2.35 bits per heavy atom. The van der Waals surface area contributed by atoms with Gasteiger partial charge in [0.2, 0.25) is 11.8 Å². The summed E-state index contributed by atoms with van der Waals surface area (Å²) in [6, 6.07) is 12.4. The monoisotopic (exact) mass is 319 g/mol. The van der Waals surface area contributed by atoms with Gasteiger partial charge in [0.25, 0.3) is 0 Å². The number of carbonyl (C=O) groups excluding carboxylic acids is 1. The molecule has 6 nitrogen and oxygen atoms in total. The van der Waals surface area contributed by atoms with E-state index in [1.807, 2.05) is 30.3 Å². The van der Waals surface area contributed by atoms with Crippen LogP contribution in [-0.4, -0.2) is 27.5 Å². The lowest BCUT2D eigenvalue weighted by atomic mass is 10.2. The van der Waals surface area contributed by atoms with Gasteiger partial charge in [-0.05, 0) is 18.4 Å². The normalized spacial score (nSPS) is 10.6. The first kappa shape index (κ1) is 16.9. The molecule has 0 unspecified atom stereocenters. The number of hydrogen-bond acceptors (Lipinski definition) is 5. The van der Waals surface area contributed by atoms with Crippen molar-refractivity contribution >= 4 is 5.97 Å². The first-order valence-corrected chi connectivity index (χ1v) is 7.59. The lowest BCUT2D eigenvalue weighted by molar-refractivity contribution is -0.145. The van der Waals surface area contributed by atoms with E-state index in [-0.39, 0.29) is 18.2 Å². The molecule has 2 aromatic rings. The molecule has 124 valence electrons. The van der Waals surface area contributed by atoms with Crippen LogP contribution in [-0.2, 0) is 16.1 Å². The molecule has 0 saturated heterocycles. The number of unbranched alkanes of at least 4 members (excludes halogenated alkanes) is 2. The summed E-state index contributed by atoms with van der Waals surface area (Å²) in [5, 5.41) is 18.7. The zero-order chi connectivity index (χ0) is 16.5. The van der Waals surface area contributed by atoms with Gasteiger partial charge in [-0.3, -0.25) is 0 Å². The Bertz CT molecular complexity index is 589. The first-order valence-electron chi connectivity index (χ1n) is 7.59. The average Bonchev–Trinajstić information content (AvgIpc) is 2.87. The minimum atomic E-state index is -0.503. The highest BCUT2D eigenvalue weighted by molar-refractivity contribution is 5.69. The predicted molar refractivity (Wildman–Crippen MR) is 83.9 cm³/mol. The highest BCUT2D eigenvalue weighted by Crippen LogP contribution is 2.19. The van der Waals surface area contributed by atoms with Crippen LogP contribution in [0.3, 0.4) is 0 Å². The van der Waals surface area contributed by atoms with E-state index in [4.69, 9.17) is 9.57 Å². The zero-order valence-corrected chi connectivity index (χ0v) is 12.9. The van der Waals surface area contributed by atoms with E-state index in [9.17, 15) is 15.0 Å². The van der Waals surface area contributed by atoms with Crippen molar-refractivity contribution < 1.29 is 24.6 Å². The Morgan fingerprint density at radius 1 is 0.957 bits per heavy atom. The minimum absolute atomic E-state index is 0.218. The van der Waals surface area contributed by atoms with E-state index in [0.29, 0.717) is 24.4 Å². The molecule has 0 bridgehead atoms. The molecule has 0 aliphatic rings. The molecule has 6 heteroatoms. The highest BCUT2D eigenvalue weighted by Gasteiger charge is 2.11. The van der Waals surface area contributed by atoms with Crippen LogP contribution >= 0.6 is 0 Å². The first-order chi connectivity index (χ1) is 11.2. The van der Waals surface area contributed by atoms with Crippen molar-refractivity contribution in [3.8, 4) is 11.8 Å². The molecule has 2 rings (SSSR count). The Balaban J connectivity index is 1.53. The summed E-state index contributed by atoms with van der Waals surface area (Å²) in [7, 11) is 0. The molecule has 0 atom stereocenters. The molecular formula is C17H21NO5. The second-order valence-corrected chi connectivity index (χ2v) is 5.16.